The molecule has 1 aliphatic heterocycles. The van der Waals surface area contributed by atoms with Gasteiger partial charge in [0.25, 0.3) is 5.91 Å². The number of carbonyl (C=O) groups is 1. The van der Waals surface area contributed by atoms with E-state index < -0.39 is 17.6 Å². The second-order valence-corrected chi connectivity index (χ2v) is 7.60. The molecule has 4 nitrogen and oxygen atoms in total. The number of amides is 1. The highest BCUT2D eigenvalue weighted by molar-refractivity contribution is 9.10. The van der Waals surface area contributed by atoms with E-state index in [1.54, 1.807) is 19.1 Å². The molecule has 1 fully saturated rings. The van der Waals surface area contributed by atoms with Crippen molar-refractivity contribution in [3.8, 4) is 5.75 Å². The molecule has 1 N–H and O–H groups in total. The van der Waals surface area contributed by atoms with Gasteiger partial charge in [0.05, 0.1) is 29.6 Å². The number of ether oxygens (including phenoxy) is 1. The van der Waals surface area contributed by atoms with Gasteiger partial charge >= 0.3 is 6.18 Å². The molecule has 0 bridgehead atoms. The Morgan fingerprint density at radius 2 is 1.86 bits per heavy atom. The molecule has 2 aromatic carbocycles. The highest BCUT2D eigenvalue weighted by atomic mass is 79.9. The van der Waals surface area contributed by atoms with Crippen molar-refractivity contribution >= 4 is 33.2 Å². The molecule has 0 unspecified atom stereocenters. The van der Waals surface area contributed by atoms with E-state index >= 15 is 0 Å². The molecule has 0 radical (unpaired) electrons. The van der Waals surface area contributed by atoms with E-state index in [-0.39, 0.29) is 11.3 Å². The van der Waals surface area contributed by atoms with Crippen LogP contribution in [0.5, 0.6) is 5.75 Å². The van der Waals surface area contributed by atoms with Gasteiger partial charge < -0.3 is 15.0 Å². The first-order valence-electron chi connectivity index (χ1n) is 8.82. The number of hydrogen-bond acceptors (Lipinski definition) is 3. The predicted octanol–water partition coefficient (Wildman–Crippen LogP) is 5.64. The average molecular weight is 457 g/mol. The summed E-state index contributed by atoms with van der Waals surface area (Å²) in [5.74, 6) is -0.142. The van der Waals surface area contributed by atoms with Crippen molar-refractivity contribution < 1.29 is 22.7 Å². The summed E-state index contributed by atoms with van der Waals surface area (Å²) in [6.45, 7) is 3.28. The summed E-state index contributed by atoms with van der Waals surface area (Å²) in [6.07, 6.45) is -2.56. The van der Waals surface area contributed by atoms with Gasteiger partial charge in [-0.2, -0.15) is 13.2 Å². The molecule has 1 amide bonds. The number of methoxy groups -OCH3 is 1. The second kappa shape index (κ2) is 8.03. The Morgan fingerprint density at radius 1 is 1.18 bits per heavy atom. The van der Waals surface area contributed by atoms with Crippen molar-refractivity contribution in [1.29, 1.82) is 0 Å². The summed E-state index contributed by atoms with van der Waals surface area (Å²) in [6, 6.07) is 6.85. The lowest BCUT2D eigenvalue weighted by Gasteiger charge is -2.23. The van der Waals surface area contributed by atoms with Crippen LogP contribution in [-0.4, -0.2) is 26.1 Å². The monoisotopic (exact) mass is 456 g/mol. The number of nitrogens with zero attached hydrogens (tertiary/aromatic N) is 1. The fourth-order valence-electron chi connectivity index (χ4n) is 3.41. The van der Waals surface area contributed by atoms with Crippen molar-refractivity contribution in [3.05, 3.63) is 51.5 Å². The number of benzene rings is 2. The van der Waals surface area contributed by atoms with Gasteiger partial charge in [-0.3, -0.25) is 4.79 Å². The number of halogens is 4. The van der Waals surface area contributed by atoms with Gasteiger partial charge in [0, 0.05) is 17.6 Å². The van der Waals surface area contributed by atoms with E-state index in [0.717, 1.165) is 43.6 Å². The zero-order valence-corrected chi connectivity index (χ0v) is 17.1. The number of nitrogens with one attached hydrogen (secondary N) is 1. The Bertz CT molecular complexity index is 894. The smallest absolute Gasteiger partial charge is 0.416 e. The van der Waals surface area contributed by atoms with Crippen LogP contribution in [0.3, 0.4) is 0 Å². The molecule has 150 valence electrons. The molecule has 0 spiro atoms. The zero-order valence-electron chi connectivity index (χ0n) is 15.5. The van der Waals surface area contributed by atoms with E-state index in [9.17, 15) is 18.0 Å². The molecule has 0 aromatic heterocycles. The standard InChI is InChI=1S/C20H20BrF3N2O2/c1-12-9-14(21)11-15(18(12)28-2)19(27)25-16-10-13(20(22,23)24)5-6-17(16)26-7-3-4-8-26/h5-6,9-11H,3-4,7-8H2,1-2H3,(H,25,27). The molecule has 0 saturated carbocycles. The van der Waals surface area contributed by atoms with Gasteiger partial charge in [-0.15, -0.1) is 0 Å². The normalized spacial score (nSPS) is 14.3. The summed E-state index contributed by atoms with van der Waals surface area (Å²) < 4.78 is 45.6. The Balaban J connectivity index is 2.01. The third-order valence-electron chi connectivity index (χ3n) is 4.71. The van der Waals surface area contributed by atoms with Gasteiger partial charge in [-0.05, 0) is 55.7 Å². The van der Waals surface area contributed by atoms with Crippen LogP contribution in [0.1, 0.15) is 34.3 Å². The molecular formula is C20H20BrF3N2O2. The minimum atomic E-state index is -4.49. The lowest BCUT2D eigenvalue weighted by atomic mass is 10.1. The Labute approximate surface area is 169 Å². The predicted molar refractivity (Wildman–Crippen MR) is 106 cm³/mol. The van der Waals surface area contributed by atoms with Gasteiger partial charge in [0.2, 0.25) is 0 Å². The molecule has 0 aliphatic carbocycles. The molecule has 1 heterocycles. The molecular weight excluding hydrogens is 437 g/mol. The van der Waals surface area contributed by atoms with Crippen molar-refractivity contribution in [2.75, 3.05) is 30.4 Å². The summed E-state index contributed by atoms with van der Waals surface area (Å²) in [4.78, 5) is 14.9. The molecule has 1 aliphatic rings. The first-order chi connectivity index (χ1) is 13.2. The Morgan fingerprint density at radius 3 is 2.46 bits per heavy atom. The SMILES string of the molecule is COc1c(C)cc(Br)cc1C(=O)Nc1cc(C(F)(F)F)ccc1N1CCCC1. The van der Waals surface area contributed by atoms with Crippen LogP contribution in [-0.2, 0) is 6.18 Å². The van der Waals surface area contributed by atoms with E-state index in [1.165, 1.54) is 13.2 Å². The van der Waals surface area contributed by atoms with E-state index in [1.807, 2.05) is 4.90 Å². The minimum absolute atomic E-state index is 0.140. The van der Waals surface area contributed by atoms with E-state index in [4.69, 9.17) is 4.74 Å². The van der Waals surface area contributed by atoms with Crippen molar-refractivity contribution in [3.63, 3.8) is 0 Å². The fraction of sp³-hybridized carbons (Fsp3) is 0.350. The second-order valence-electron chi connectivity index (χ2n) is 6.68. The van der Waals surface area contributed by atoms with Gasteiger partial charge in [-0.1, -0.05) is 15.9 Å². The third-order valence-corrected chi connectivity index (χ3v) is 5.16. The van der Waals surface area contributed by atoms with Crippen LogP contribution < -0.4 is 15.0 Å². The molecule has 0 atom stereocenters. The Kier molecular flexibility index (Phi) is 5.88. The highest BCUT2D eigenvalue weighted by Gasteiger charge is 2.32. The molecule has 1 saturated heterocycles. The quantitative estimate of drug-likeness (QED) is 0.647. The van der Waals surface area contributed by atoms with Crippen LogP contribution in [0.2, 0.25) is 0 Å². The van der Waals surface area contributed by atoms with Gasteiger partial charge in [0.15, 0.2) is 0 Å². The van der Waals surface area contributed by atoms with Crippen molar-refractivity contribution in [2.45, 2.75) is 25.9 Å². The fourth-order valence-corrected chi connectivity index (χ4v) is 3.98. The average Bonchev–Trinajstić information content (AvgIpc) is 3.14. The molecule has 8 heteroatoms. The summed E-state index contributed by atoms with van der Waals surface area (Å²) in [5, 5.41) is 2.66. The Hall–Kier alpha value is -2.22. The van der Waals surface area contributed by atoms with Gasteiger partial charge in [0.1, 0.15) is 5.75 Å². The molecule has 28 heavy (non-hydrogen) atoms. The van der Waals surface area contributed by atoms with Crippen molar-refractivity contribution in [2.24, 2.45) is 0 Å². The summed E-state index contributed by atoms with van der Waals surface area (Å²) >= 11 is 3.34. The maximum Gasteiger partial charge on any atom is 0.416 e. The highest BCUT2D eigenvalue weighted by Crippen LogP contribution is 2.37. The van der Waals surface area contributed by atoms with Crippen LogP contribution in [0.25, 0.3) is 0 Å². The van der Waals surface area contributed by atoms with Crippen molar-refractivity contribution in [1.82, 2.24) is 0 Å². The van der Waals surface area contributed by atoms with Crippen LogP contribution in [0.15, 0.2) is 34.8 Å². The first kappa shape index (κ1) is 20.5. The van der Waals surface area contributed by atoms with E-state index in [2.05, 4.69) is 21.2 Å². The maximum absolute atomic E-state index is 13.2. The maximum atomic E-state index is 13.2. The lowest BCUT2D eigenvalue weighted by molar-refractivity contribution is -0.137. The topological polar surface area (TPSA) is 41.6 Å². The van der Waals surface area contributed by atoms with E-state index in [0.29, 0.717) is 15.9 Å². The number of alkyl halides is 3. The number of anilines is 2. The van der Waals surface area contributed by atoms with Crippen LogP contribution in [0, 0.1) is 6.92 Å². The third kappa shape index (κ3) is 4.27. The van der Waals surface area contributed by atoms with Crippen LogP contribution >= 0.6 is 15.9 Å². The number of rotatable bonds is 4. The number of aryl methyl sites for hydroxylation is 1. The first-order valence-corrected chi connectivity index (χ1v) is 9.61. The molecule has 3 rings (SSSR count). The largest absolute Gasteiger partial charge is 0.496 e. The van der Waals surface area contributed by atoms with Crippen LogP contribution in [0.4, 0.5) is 24.5 Å². The number of hydrogen-bond donors (Lipinski definition) is 1. The van der Waals surface area contributed by atoms with Gasteiger partial charge in [-0.25, -0.2) is 0 Å². The number of carbonyl (C=O) groups excluding carboxylic acids is 1. The zero-order chi connectivity index (χ0) is 20.5. The molecule has 2 aromatic rings. The summed E-state index contributed by atoms with van der Waals surface area (Å²) in [5.41, 5.74) is 0.916. The summed E-state index contributed by atoms with van der Waals surface area (Å²) in [7, 11) is 1.45. The minimum Gasteiger partial charge on any atom is -0.496 e. The lowest BCUT2D eigenvalue weighted by Crippen LogP contribution is -2.22.